The van der Waals surface area contributed by atoms with Crippen LogP contribution in [0.3, 0.4) is 0 Å². The summed E-state index contributed by atoms with van der Waals surface area (Å²) in [5, 5.41) is 13.6. The van der Waals surface area contributed by atoms with E-state index in [1.807, 2.05) is 38.5 Å². The molecule has 3 heterocycles. The fraction of sp³-hybridized carbons (Fsp3) is 0.450. The van der Waals surface area contributed by atoms with Gasteiger partial charge in [-0.25, -0.2) is 0 Å². The first-order valence-electron chi connectivity index (χ1n) is 9.43. The van der Waals surface area contributed by atoms with Gasteiger partial charge < -0.3 is 16.0 Å². The summed E-state index contributed by atoms with van der Waals surface area (Å²) in [6.07, 6.45) is 5.08. The van der Waals surface area contributed by atoms with Crippen LogP contribution in [0.5, 0.6) is 0 Å². The van der Waals surface area contributed by atoms with E-state index < -0.39 is 0 Å². The Kier molecular flexibility index (Phi) is 6.05. The fourth-order valence-electron chi connectivity index (χ4n) is 4.01. The van der Waals surface area contributed by atoms with E-state index in [9.17, 15) is 9.59 Å². The highest BCUT2D eigenvalue weighted by Gasteiger charge is 2.35. The highest BCUT2D eigenvalue weighted by Crippen LogP contribution is 2.30. The third-order valence-corrected chi connectivity index (χ3v) is 5.59. The first kappa shape index (κ1) is 20.4. The molecule has 28 heavy (non-hydrogen) atoms. The molecule has 2 amide bonds. The number of halogens is 1. The lowest BCUT2D eigenvalue weighted by atomic mass is 9.89. The van der Waals surface area contributed by atoms with Crippen LogP contribution in [0.25, 0.3) is 0 Å². The Bertz CT molecular complexity index is 881. The Morgan fingerprint density at radius 2 is 2.14 bits per heavy atom. The van der Waals surface area contributed by atoms with Crippen molar-refractivity contribution >= 4 is 29.9 Å². The molecule has 2 aliphatic rings. The van der Waals surface area contributed by atoms with Crippen LogP contribution < -0.4 is 16.0 Å². The highest BCUT2D eigenvalue weighted by atomic mass is 35.5. The minimum absolute atomic E-state index is 0. The van der Waals surface area contributed by atoms with Gasteiger partial charge in [-0.2, -0.15) is 5.10 Å². The summed E-state index contributed by atoms with van der Waals surface area (Å²) in [7, 11) is 1.89. The zero-order valence-electron chi connectivity index (χ0n) is 16.1. The van der Waals surface area contributed by atoms with Crippen LogP contribution in [0.15, 0.2) is 30.6 Å². The zero-order chi connectivity index (χ0) is 19.0. The number of benzene rings is 1. The Hall–Kier alpha value is -2.38. The summed E-state index contributed by atoms with van der Waals surface area (Å²) in [5.74, 6) is 0.164. The number of hydrogen-bond donors (Lipinski definition) is 3. The van der Waals surface area contributed by atoms with E-state index in [0.29, 0.717) is 13.0 Å². The van der Waals surface area contributed by atoms with Crippen molar-refractivity contribution in [2.75, 3.05) is 18.4 Å². The molecule has 0 radical (unpaired) electrons. The largest absolute Gasteiger partial charge is 0.349 e. The number of aromatic nitrogens is 2. The quantitative estimate of drug-likeness (QED) is 0.727. The van der Waals surface area contributed by atoms with Crippen LogP contribution in [-0.2, 0) is 23.1 Å². The second-order valence-electron chi connectivity index (χ2n) is 7.51. The number of hydrogen-bond acceptors (Lipinski definition) is 4. The van der Waals surface area contributed by atoms with Gasteiger partial charge in [-0.3, -0.25) is 14.3 Å². The summed E-state index contributed by atoms with van der Waals surface area (Å²) in [4.78, 5) is 24.4. The van der Waals surface area contributed by atoms with E-state index in [4.69, 9.17) is 0 Å². The molecule has 2 aliphatic heterocycles. The minimum Gasteiger partial charge on any atom is -0.349 e. The smallest absolute Gasteiger partial charge is 0.225 e. The van der Waals surface area contributed by atoms with Gasteiger partial charge in [0.05, 0.1) is 18.2 Å². The minimum atomic E-state index is -0.103. The second kappa shape index (κ2) is 8.32. The van der Waals surface area contributed by atoms with E-state index in [1.165, 1.54) is 0 Å². The Labute approximate surface area is 170 Å². The fourth-order valence-corrected chi connectivity index (χ4v) is 4.01. The molecule has 1 aromatic heterocycles. The SMILES string of the molecule is CC(NC(=O)[C@H]1CNC[C@@H]1c1cnn(C)c1)c1ccc2c(c1)CCC(=O)N2.Cl. The van der Waals surface area contributed by atoms with Gasteiger partial charge in [0.2, 0.25) is 11.8 Å². The van der Waals surface area contributed by atoms with E-state index in [1.54, 1.807) is 4.68 Å². The van der Waals surface area contributed by atoms with Crippen LogP contribution in [0.2, 0.25) is 0 Å². The number of nitrogens with zero attached hydrogens (tertiary/aromatic N) is 2. The molecule has 8 heteroatoms. The number of nitrogens with one attached hydrogen (secondary N) is 3. The number of anilines is 1. The van der Waals surface area contributed by atoms with Gasteiger partial charge >= 0.3 is 0 Å². The molecular formula is C20H26ClN5O2. The average Bonchev–Trinajstić information content (AvgIpc) is 3.29. The number of carbonyl (C=O) groups excluding carboxylic acids is 2. The maximum absolute atomic E-state index is 12.9. The molecule has 0 bridgehead atoms. The first-order chi connectivity index (χ1) is 13.0. The zero-order valence-corrected chi connectivity index (χ0v) is 16.9. The Morgan fingerprint density at radius 1 is 1.32 bits per heavy atom. The van der Waals surface area contributed by atoms with Crippen LogP contribution >= 0.6 is 12.4 Å². The normalized spacial score (nSPS) is 22.0. The third-order valence-electron chi connectivity index (χ3n) is 5.59. The van der Waals surface area contributed by atoms with Crippen molar-refractivity contribution in [3.05, 3.63) is 47.3 Å². The van der Waals surface area contributed by atoms with Crippen molar-refractivity contribution in [2.45, 2.75) is 31.7 Å². The lowest BCUT2D eigenvalue weighted by molar-refractivity contribution is -0.125. The van der Waals surface area contributed by atoms with E-state index in [-0.39, 0.29) is 42.1 Å². The first-order valence-corrected chi connectivity index (χ1v) is 9.43. The molecular weight excluding hydrogens is 378 g/mol. The molecule has 0 spiro atoms. The number of fused-ring (bicyclic) bond motifs is 1. The number of carbonyl (C=O) groups is 2. The van der Waals surface area contributed by atoms with Gasteiger partial charge in [-0.05, 0) is 36.1 Å². The highest BCUT2D eigenvalue weighted by molar-refractivity contribution is 5.94. The summed E-state index contributed by atoms with van der Waals surface area (Å²) < 4.78 is 1.77. The van der Waals surface area contributed by atoms with Crippen molar-refractivity contribution in [3.63, 3.8) is 0 Å². The van der Waals surface area contributed by atoms with Crippen LogP contribution in [-0.4, -0.2) is 34.7 Å². The van der Waals surface area contributed by atoms with Crippen LogP contribution in [0.1, 0.15) is 42.0 Å². The van der Waals surface area contributed by atoms with Gasteiger partial charge in [-0.15, -0.1) is 12.4 Å². The molecule has 1 aromatic carbocycles. The topological polar surface area (TPSA) is 88.1 Å². The van der Waals surface area contributed by atoms with Crippen LogP contribution in [0, 0.1) is 5.92 Å². The average molecular weight is 404 g/mol. The van der Waals surface area contributed by atoms with Crippen molar-refractivity contribution in [3.8, 4) is 0 Å². The maximum atomic E-state index is 12.9. The van der Waals surface area contributed by atoms with Crippen LogP contribution in [0.4, 0.5) is 5.69 Å². The molecule has 0 aliphatic carbocycles. The summed E-state index contributed by atoms with van der Waals surface area (Å²) in [5.41, 5.74) is 4.16. The van der Waals surface area contributed by atoms with Gasteiger partial charge in [-0.1, -0.05) is 12.1 Å². The molecule has 1 saturated heterocycles. The van der Waals surface area contributed by atoms with Gasteiger partial charge in [0.15, 0.2) is 0 Å². The second-order valence-corrected chi connectivity index (χ2v) is 7.51. The molecule has 4 rings (SSSR count). The number of rotatable bonds is 4. The Balaban J connectivity index is 0.00000225. The molecule has 2 aromatic rings. The number of amides is 2. The monoisotopic (exact) mass is 403 g/mol. The molecule has 1 fully saturated rings. The van der Waals surface area contributed by atoms with Gasteiger partial charge in [0, 0.05) is 44.4 Å². The lowest BCUT2D eigenvalue weighted by Gasteiger charge is -2.23. The van der Waals surface area contributed by atoms with E-state index >= 15 is 0 Å². The van der Waals surface area contributed by atoms with E-state index in [0.717, 1.165) is 35.3 Å². The molecule has 3 N–H and O–H groups in total. The summed E-state index contributed by atoms with van der Waals surface area (Å²) in [6, 6.07) is 5.90. The van der Waals surface area contributed by atoms with Gasteiger partial charge in [0.25, 0.3) is 0 Å². The van der Waals surface area contributed by atoms with E-state index in [2.05, 4.69) is 27.1 Å². The lowest BCUT2D eigenvalue weighted by Crippen LogP contribution is -2.36. The predicted molar refractivity (Wildman–Crippen MR) is 110 cm³/mol. The van der Waals surface area contributed by atoms with Crippen molar-refractivity contribution in [1.29, 1.82) is 0 Å². The summed E-state index contributed by atoms with van der Waals surface area (Å²) >= 11 is 0. The standard InChI is InChI=1S/C20H25N5O2.ClH/c1-12(13-3-5-18-14(7-13)4-6-19(26)24-18)23-20(27)17-10-21-9-16(17)15-8-22-25(2)11-15;/h3,5,7-8,11-12,16-17,21H,4,6,9-10H2,1-2H3,(H,23,27)(H,24,26);1H/t12?,16-,17+;/m1./s1. The molecule has 150 valence electrons. The van der Waals surface area contributed by atoms with Crippen molar-refractivity contribution in [1.82, 2.24) is 20.4 Å². The molecule has 7 nitrogen and oxygen atoms in total. The molecule has 0 saturated carbocycles. The Morgan fingerprint density at radius 3 is 2.89 bits per heavy atom. The predicted octanol–water partition coefficient (Wildman–Crippen LogP) is 1.91. The maximum Gasteiger partial charge on any atom is 0.225 e. The molecule has 1 unspecified atom stereocenters. The van der Waals surface area contributed by atoms with Crippen molar-refractivity contribution < 1.29 is 9.59 Å². The summed E-state index contributed by atoms with van der Waals surface area (Å²) in [6.45, 7) is 3.47. The third kappa shape index (κ3) is 4.05. The number of aryl methyl sites for hydroxylation is 2. The molecule has 3 atom stereocenters. The van der Waals surface area contributed by atoms with Crippen molar-refractivity contribution in [2.24, 2.45) is 13.0 Å². The van der Waals surface area contributed by atoms with Gasteiger partial charge in [0.1, 0.15) is 0 Å².